The molecule has 0 aromatic heterocycles. The van der Waals surface area contributed by atoms with Crippen molar-refractivity contribution in [3.63, 3.8) is 0 Å². The standard InChI is InChI=1S/C20H19NO3S/c1-3-13-24-15-11-9-14(10-12-15)17-18(20(23)21(2)19(17)22)25-16-7-5-4-6-8-16/h4-12H,3,13H2,1-2H3. The third-order valence-electron chi connectivity index (χ3n) is 3.82. The van der Waals surface area contributed by atoms with Crippen LogP contribution >= 0.6 is 11.8 Å². The van der Waals surface area contributed by atoms with E-state index in [0.717, 1.165) is 22.6 Å². The third-order valence-corrected chi connectivity index (χ3v) is 4.91. The molecule has 2 aromatic carbocycles. The molecule has 0 atom stereocenters. The minimum absolute atomic E-state index is 0.264. The van der Waals surface area contributed by atoms with E-state index in [2.05, 4.69) is 0 Å². The van der Waals surface area contributed by atoms with Gasteiger partial charge in [0.2, 0.25) is 0 Å². The summed E-state index contributed by atoms with van der Waals surface area (Å²) in [5.74, 6) is 0.222. The zero-order valence-corrected chi connectivity index (χ0v) is 15.0. The Kier molecular flexibility index (Phi) is 5.24. The van der Waals surface area contributed by atoms with Gasteiger partial charge in [0.25, 0.3) is 11.8 Å². The molecule has 0 N–H and O–H groups in total. The van der Waals surface area contributed by atoms with Crippen molar-refractivity contribution in [3.8, 4) is 5.75 Å². The molecule has 0 spiro atoms. The lowest BCUT2D eigenvalue weighted by Gasteiger charge is -2.08. The minimum atomic E-state index is -0.273. The van der Waals surface area contributed by atoms with Gasteiger partial charge in [0.05, 0.1) is 17.1 Å². The Morgan fingerprint density at radius 3 is 2.28 bits per heavy atom. The highest BCUT2D eigenvalue weighted by Gasteiger charge is 2.37. The summed E-state index contributed by atoms with van der Waals surface area (Å²) in [6.45, 7) is 2.70. The van der Waals surface area contributed by atoms with Crippen LogP contribution in [0.3, 0.4) is 0 Å². The summed E-state index contributed by atoms with van der Waals surface area (Å²) in [5, 5.41) is 0. The molecule has 0 radical (unpaired) electrons. The van der Waals surface area contributed by atoms with Gasteiger partial charge >= 0.3 is 0 Å². The summed E-state index contributed by atoms with van der Waals surface area (Å²) in [5.41, 5.74) is 1.17. The first kappa shape index (κ1) is 17.3. The second-order valence-electron chi connectivity index (χ2n) is 5.66. The predicted molar refractivity (Wildman–Crippen MR) is 99.2 cm³/mol. The summed E-state index contributed by atoms with van der Waals surface area (Å²) in [7, 11) is 1.52. The van der Waals surface area contributed by atoms with Crippen molar-refractivity contribution in [2.75, 3.05) is 13.7 Å². The Bertz CT molecular complexity index is 813. The monoisotopic (exact) mass is 353 g/mol. The van der Waals surface area contributed by atoms with Crippen molar-refractivity contribution in [3.05, 3.63) is 65.1 Å². The fourth-order valence-electron chi connectivity index (χ4n) is 2.51. The van der Waals surface area contributed by atoms with Crippen molar-refractivity contribution >= 4 is 29.1 Å². The van der Waals surface area contributed by atoms with Crippen LogP contribution in [0.15, 0.2) is 64.4 Å². The number of carbonyl (C=O) groups excluding carboxylic acids is 2. The average Bonchev–Trinajstić information content (AvgIpc) is 2.85. The van der Waals surface area contributed by atoms with E-state index in [0.29, 0.717) is 17.1 Å². The highest BCUT2D eigenvalue weighted by molar-refractivity contribution is 8.04. The van der Waals surface area contributed by atoms with E-state index in [1.807, 2.05) is 61.5 Å². The second kappa shape index (κ2) is 7.57. The minimum Gasteiger partial charge on any atom is -0.494 e. The SMILES string of the molecule is CCCOc1ccc(C2=C(Sc3ccccc3)C(=O)N(C)C2=O)cc1. The lowest BCUT2D eigenvalue weighted by Crippen LogP contribution is -2.26. The lowest BCUT2D eigenvalue weighted by molar-refractivity contribution is -0.134. The fraction of sp³-hybridized carbons (Fsp3) is 0.200. The van der Waals surface area contributed by atoms with E-state index >= 15 is 0 Å². The molecule has 0 fully saturated rings. The van der Waals surface area contributed by atoms with Gasteiger partial charge < -0.3 is 4.74 Å². The number of carbonyl (C=O) groups is 2. The normalized spacial score (nSPS) is 14.4. The van der Waals surface area contributed by atoms with Crippen LogP contribution in [0.1, 0.15) is 18.9 Å². The van der Waals surface area contributed by atoms with Gasteiger partial charge in [0, 0.05) is 11.9 Å². The third kappa shape index (κ3) is 3.61. The highest BCUT2D eigenvalue weighted by Crippen LogP contribution is 2.39. The van der Waals surface area contributed by atoms with Gasteiger partial charge in [-0.05, 0) is 36.2 Å². The Morgan fingerprint density at radius 1 is 0.960 bits per heavy atom. The zero-order chi connectivity index (χ0) is 17.8. The number of benzene rings is 2. The number of imide groups is 1. The quantitative estimate of drug-likeness (QED) is 0.737. The van der Waals surface area contributed by atoms with Gasteiger partial charge in [-0.1, -0.05) is 49.0 Å². The predicted octanol–water partition coefficient (Wildman–Crippen LogP) is 3.98. The molecule has 1 aliphatic rings. The largest absolute Gasteiger partial charge is 0.494 e. The number of nitrogens with zero attached hydrogens (tertiary/aromatic N) is 1. The van der Waals surface area contributed by atoms with Crippen molar-refractivity contribution < 1.29 is 14.3 Å². The van der Waals surface area contributed by atoms with Gasteiger partial charge in [-0.3, -0.25) is 14.5 Å². The topological polar surface area (TPSA) is 46.6 Å². The Hall–Kier alpha value is -2.53. The number of thioether (sulfide) groups is 1. The summed E-state index contributed by atoms with van der Waals surface area (Å²) >= 11 is 1.32. The van der Waals surface area contributed by atoms with Crippen molar-refractivity contribution in [2.24, 2.45) is 0 Å². The molecule has 1 aliphatic heterocycles. The van der Waals surface area contributed by atoms with Crippen LogP contribution < -0.4 is 4.74 Å². The summed E-state index contributed by atoms with van der Waals surface area (Å²) in [6.07, 6.45) is 0.933. The van der Waals surface area contributed by atoms with E-state index in [9.17, 15) is 9.59 Å². The van der Waals surface area contributed by atoms with Gasteiger partial charge in [0.1, 0.15) is 5.75 Å². The maximum atomic E-state index is 12.6. The molecule has 3 rings (SSSR count). The number of amides is 2. The smallest absolute Gasteiger partial charge is 0.268 e. The first-order valence-corrected chi connectivity index (χ1v) is 8.96. The van der Waals surface area contributed by atoms with E-state index < -0.39 is 0 Å². The molecule has 0 saturated heterocycles. The molecule has 0 saturated carbocycles. The number of hydrogen-bond acceptors (Lipinski definition) is 4. The summed E-state index contributed by atoms with van der Waals surface area (Å²) in [4.78, 5) is 27.6. The molecule has 128 valence electrons. The first-order valence-electron chi connectivity index (χ1n) is 8.14. The molecule has 5 heteroatoms. The van der Waals surface area contributed by atoms with Crippen LogP contribution in [0.5, 0.6) is 5.75 Å². The first-order chi connectivity index (χ1) is 12.1. The summed E-state index contributed by atoms with van der Waals surface area (Å²) < 4.78 is 5.58. The van der Waals surface area contributed by atoms with E-state index in [-0.39, 0.29) is 11.8 Å². The molecule has 0 unspecified atom stereocenters. The molecule has 0 aliphatic carbocycles. The Labute approximate surface area is 151 Å². The highest BCUT2D eigenvalue weighted by atomic mass is 32.2. The number of rotatable bonds is 6. The van der Waals surface area contributed by atoms with Crippen LogP contribution in [0.4, 0.5) is 0 Å². The van der Waals surface area contributed by atoms with Crippen LogP contribution in [-0.2, 0) is 9.59 Å². The van der Waals surface area contributed by atoms with Crippen molar-refractivity contribution in [1.82, 2.24) is 4.90 Å². The van der Waals surface area contributed by atoms with Crippen LogP contribution in [-0.4, -0.2) is 30.4 Å². The zero-order valence-electron chi connectivity index (χ0n) is 14.2. The molecule has 1 heterocycles. The maximum absolute atomic E-state index is 12.6. The Balaban J connectivity index is 1.96. The average molecular weight is 353 g/mol. The van der Waals surface area contributed by atoms with E-state index in [1.54, 1.807) is 0 Å². The van der Waals surface area contributed by atoms with Crippen LogP contribution in [0, 0.1) is 0 Å². The molecular weight excluding hydrogens is 334 g/mol. The molecule has 2 amide bonds. The number of likely N-dealkylation sites (N-methyl/N-ethyl adjacent to an activating group) is 1. The molecule has 2 aromatic rings. The number of ether oxygens (including phenoxy) is 1. The van der Waals surface area contributed by atoms with Gasteiger partial charge in [-0.15, -0.1) is 0 Å². The molecule has 0 bridgehead atoms. The van der Waals surface area contributed by atoms with Crippen molar-refractivity contribution in [1.29, 1.82) is 0 Å². The maximum Gasteiger partial charge on any atom is 0.268 e. The molecule has 4 nitrogen and oxygen atoms in total. The lowest BCUT2D eigenvalue weighted by atomic mass is 10.1. The van der Waals surface area contributed by atoms with Gasteiger partial charge in [-0.2, -0.15) is 0 Å². The van der Waals surface area contributed by atoms with Crippen molar-refractivity contribution in [2.45, 2.75) is 18.2 Å². The van der Waals surface area contributed by atoms with E-state index in [4.69, 9.17) is 4.74 Å². The van der Waals surface area contributed by atoms with E-state index in [1.165, 1.54) is 23.7 Å². The van der Waals surface area contributed by atoms with Crippen LogP contribution in [0.25, 0.3) is 5.57 Å². The molecular formula is C20H19NO3S. The fourth-order valence-corrected chi connectivity index (χ4v) is 3.57. The molecule has 25 heavy (non-hydrogen) atoms. The number of hydrogen-bond donors (Lipinski definition) is 0. The summed E-state index contributed by atoms with van der Waals surface area (Å²) in [6, 6.07) is 16.9. The van der Waals surface area contributed by atoms with Crippen LogP contribution in [0.2, 0.25) is 0 Å². The Morgan fingerprint density at radius 2 is 1.64 bits per heavy atom. The van der Waals surface area contributed by atoms with Gasteiger partial charge in [-0.25, -0.2) is 0 Å². The van der Waals surface area contributed by atoms with Gasteiger partial charge in [0.15, 0.2) is 0 Å². The second-order valence-corrected chi connectivity index (χ2v) is 6.75.